The lowest BCUT2D eigenvalue weighted by atomic mass is 10.0. The number of amides is 1. The van der Waals surface area contributed by atoms with Gasteiger partial charge in [0.1, 0.15) is 11.5 Å². The van der Waals surface area contributed by atoms with Gasteiger partial charge in [-0.25, -0.2) is 0 Å². The maximum Gasteiger partial charge on any atom is 0.255 e. The van der Waals surface area contributed by atoms with Crippen molar-refractivity contribution in [1.82, 2.24) is 10.2 Å². The summed E-state index contributed by atoms with van der Waals surface area (Å²) in [7, 11) is 0. The molecule has 1 amide bonds. The lowest BCUT2D eigenvalue weighted by Gasteiger charge is -2.32. The van der Waals surface area contributed by atoms with Gasteiger partial charge >= 0.3 is 0 Å². The quantitative estimate of drug-likeness (QED) is 0.886. The van der Waals surface area contributed by atoms with E-state index in [1.165, 1.54) is 5.56 Å². The number of rotatable bonds is 4. The van der Waals surface area contributed by atoms with Crippen molar-refractivity contribution in [3.63, 3.8) is 0 Å². The van der Waals surface area contributed by atoms with E-state index in [0.29, 0.717) is 11.3 Å². The molecule has 0 aliphatic carbocycles. The van der Waals surface area contributed by atoms with Gasteiger partial charge < -0.3 is 9.73 Å². The molecule has 0 bridgehead atoms. The number of piperidine rings is 1. The summed E-state index contributed by atoms with van der Waals surface area (Å²) in [5.74, 6) is 1.51. The lowest BCUT2D eigenvalue weighted by Crippen LogP contribution is -2.44. The van der Waals surface area contributed by atoms with E-state index < -0.39 is 0 Å². The van der Waals surface area contributed by atoms with Crippen LogP contribution in [-0.4, -0.2) is 29.9 Å². The first kappa shape index (κ1) is 18.0. The molecule has 1 N–H and O–H groups in total. The Hall–Kier alpha value is -1.78. The van der Waals surface area contributed by atoms with Crippen LogP contribution in [0, 0.1) is 20.8 Å². The third-order valence-electron chi connectivity index (χ3n) is 5.03. The van der Waals surface area contributed by atoms with E-state index in [9.17, 15) is 4.79 Å². The van der Waals surface area contributed by atoms with Crippen LogP contribution in [0.4, 0.5) is 0 Å². The molecule has 2 aromatic rings. The Balaban J connectivity index is 1.52. The maximum atomic E-state index is 12.6. The Morgan fingerprint density at radius 2 is 1.80 bits per heavy atom. The standard InChI is InChI=1S/C20H25ClN2O2/c1-13-14(2)25-15(3)19(13)20(24)22-18-8-10-23(11-9-18)12-16-4-6-17(21)7-5-16/h4-7,18H,8-12H2,1-3H3,(H,22,24). The Labute approximate surface area is 154 Å². The molecule has 4 nitrogen and oxygen atoms in total. The second-order valence-electron chi connectivity index (χ2n) is 6.86. The van der Waals surface area contributed by atoms with Gasteiger partial charge in [0.15, 0.2) is 0 Å². The van der Waals surface area contributed by atoms with E-state index in [4.69, 9.17) is 16.0 Å². The molecule has 3 rings (SSSR count). The lowest BCUT2D eigenvalue weighted by molar-refractivity contribution is 0.0907. The van der Waals surface area contributed by atoms with Crippen molar-refractivity contribution in [2.75, 3.05) is 13.1 Å². The Morgan fingerprint density at radius 3 is 2.36 bits per heavy atom. The van der Waals surface area contributed by atoms with Gasteiger partial charge in [0, 0.05) is 36.3 Å². The van der Waals surface area contributed by atoms with Gasteiger partial charge in [0.2, 0.25) is 0 Å². The minimum atomic E-state index is -0.0111. The van der Waals surface area contributed by atoms with Gasteiger partial charge in [-0.1, -0.05) is 23.7 Å². The van der Waals surface area contributed by atoms with E-state index in [2.05, 4.69) is 22.3 Å². The van der Waals surface area contributed by atoms with Gasteiger partial charge in [-0.3, -0.25) is 9.69 Å². The number of aryl methyl sites for hydroxylation is 2. The summed E-state index contributed by atoms with van der Waals surface area (Å²) in [4.78, 5) is 15.0. The van der Waals surface area contributed by atoms with Gasteiger partial charge in [0.05, 0.1) is 5.56 Å². The van der Waals surface area contributed by atoms with Gasteiger partial charge in [0.25, 0.3) is 5.91 Å². The van der Waals surface area contributed by atoms with Crippen molar-refractivity contribution in [3.05, 3.63) is 57.5 Å². The fourth-order valence-electron chi connectivity index (χ4n) is 3.47. The van der Waals surface area contributed by atoms with Crippen molar-refractivity contribution in [3.8, 4) is 0 Å². The number of likely N-dealkylation sites (tertiary alicyclic amines) is 1. The number of halogens is 1. The van der Waals surface area contributed by atoms with Crippen molar-refractivity contribution in [2.24, 2.45) is 0 Å². The fraction of sp³-hybridized carbons (Fsp3) is 0.450. The molecule has 25 heavy (non-hydrogen) atoms. The predicted octanol–water partition coefficient (Wildman–Crippen LogP) is 4.25. The van der Waals surface area contributed by atoms with Crippen LogP contribution < -0.4 is 5.32 Å². The SMILES string of the molecule is Cc1oc(C)c(C(=O)NC2CCN(Cc3ccc(Cl)cc3)CC2)c1C. The summed E-state index contributed by atoms with van der Waals surface area (Å²) in [5, 5.41) is 3.95. The first-order chi connectivity index (χ1) is 11.9. The second kappa shape index (κ2) is 7.63. The van der Waals surface area contributed by atoms with E-state index in [1.807, 2.05) is 32.9 Å². The molecule has 0 atom stereocenters. The number of benzene rings is 1. The third kappa shape index (κ3) is 4.25. The highest BCUT2D eigenvalue weighted by Gasteiger charge is 2.24. The summed E-state index contributed by atoms with van der Waals surface area (Å²) in [6.45, 7) is 8.58. The second-order valence-corrected chi connectivity index (χ2v) is 7.30. The topological polar surface area (TPSA) is 45.5 Å². The number of nitrogens with one attached hydrogen (secondary N) is 1. The summed E-state index contributed by atoms with van der Waals surface area (Å²) >= 11 is 5.94. The Bertz CT molecular complexity index is 744. The highest BCUT2D eigenvalue weighted by molar-refractivity contribution is 6.30. The zero-order chi connectivity index (χ0) is 18.0. The molecule has 1 fully saturated rings. The zero-order valence-corrected chi connectivity index (χ0v) is 15.8. The molecule has 0 unspecified atom stereocenters. The van der Waals surface area contributed by atoms with E-state index in [-0.39, 0.29) is 11.9 Å². The van der Waals surface area contributed by atoms with Gasteiger partial charge in [-0.05, 0) is 51.3 Å². The van der Waals surface area contributed by atoms with E-state index in [0.717, 1.165) is 48.8 Å². The van der Waals surface area contributed by atoms with Crippen molar-refractivity contribution in [1.29, 1.82) is 0 Å². The Kier molecular flexibility index (Phi) is 5.50. The van der Waals surface area contributed by atoms with Crippen LogP contribution in [-0.2, 0) is 6.54 Å². The van der Waals surface area contributed by atoms with Crippen LogP contribution in [0.5, 0.6) is 0 Å². The van der Waals surface area contributed by atoms with Crippen LogP contribution in [0.2, 0.25) is 5.02 Å². The summed E-state index contributed by atoms with van der Waals surface area (Å²) in [6.07, 6.45) is 1.93. The van der Waals surface area contributed by atoms with Crippen LogP contribution in [0.25, 0.3) is 0 Å². The van der Waals surface area contributed by atoms with Crippen molar-refractivity contribution >= 4 is 17.5 Å². The van der Waals surface area contributed by atoms with E-state index in [1.54, 1.807) is 0 Å². The fourth-order valence-corrected chi connectivity index (χ4v) is 3.59. The summed E-state index contributed by atoms with van der Waals surface area (Å²) in [5.41, 5.74) is 2.91. The smallest absolute Gasteiger partial charge is 0.255 e. The molecule has 1 saturated heterocycles. The minimum Gasteiger partial charge on any atom is -0.466 e. The molecule has 1 aliphatic heterocycles. The minimum absolute atomic E-state index is 0.0111. The molecular formula is C20H25ClN2O2. The number of hydrogen-bond donors (Lipinski definition) is 1. The Morgan fingerprint density at radius 1 is 1.16 bits per heavy atom. The molecule has 1 aromatic heterocycles. The molecule has 134 valence electrons. The first-order valence-corrected chi connectivity index (χ1v) is 9.16. The number of nitrogens with zero attached hydrogens (tertiary/aromatic N) is 1. The highest BCUT2D eigenvalue weighted by Crippen LogP contribution is 2.22. The molecule has 5 heteroatoms. The monoisotopic (exact) mass is 360 g/mol. The van der Waals surface area contributed by atoms with E-state index >= 15 is 0 Å². The number of furan rings is 1. The van der Waals surface area contributed by atoms with Crippen LogP contribution in [0.15, 0.2) is 28.7 Å². The average molecular weight is 361 g/mol. The largest absolute Gasteiger partial charge is 0.466 e. The molecule has 0 radical (unpaired) electrons. The molecule has 2 heterocycles. The van der Waals surface area contributed by atoms with Crippen LogP contribution in [0.3, 0.4) is 0 Å². The molecule has 0 saturated carbocycles. The maximum absolute atomic E-state index is 12.6. The van der Waals surface area contributed by atoms with Gasteiger partial charge in [-0.15, -0.1) is 0 Å². The molecule has 0 spiro atoms. The summed E-state index contributed by atoms with van der Waals surface area (Å²) < 4.78 is 5.57. The highest BCUT2D eigenvalue weighted by atomic mass is 35.5. The molecule has 1 aromatic carbocycles. The zero-order valence-electron chi connectivity index (χ0n) is 15.1. The van der Waals surface area contributed by atoms with Crippen molar-refractivity contribution < 1.29 is 9.21 Å². The number of hydrogen-bond acceptors (Lipinski definition) is 3. The van der Waals surface area contributed by atoms with Crippen molar-refractivity contribution in [2.45, 2.75) is 46.2 Å². The first-order valence-electron chi connectivity index (χ1n) is 8.78. The average Bonchev–Trinajstić information content (AvgIpc) is 2.84. The normalized spacial score (nSPS) is 16.2. The summed E-state index contributed by atoms with van der Waals surface area (Å²) in [6, 6.07) is 8.23. The number of carbonyl (C=O) groups excluding carboxylic acids is 1. The third-order valence-corrected chi connectivity index (χ3v) is 5.28. The predicted molar refractivity (Wildman–Crippen MR) is 100 cm³/mol. The van der Waals surface area contributed by atoms with Crippen LogP contribution in [0.1, 0.15) is 45.8 Å². The number of carbonyl (C=O) groups is 1. The molecule has 1 aliphatic rings. The molecular weight excluding hydrogens is 336 g/mol. The van der Waals surface area contributed by atoms with Crippen LogP contribution >= 0.6 is 11.6 Å². The van der Waals surface area contributed by atoms with Gasteiger partial charge in [-0.2, -0.15) is 0 Å².